The fourth-order valence-electron chi connectivity index (χ4n) is 5.48. The monoisotopic (exact) mass is 612 g/mol. The zero-order valence-electron chi connectivity index (χ0n) is 26.2. The number of fused-ring (bicyclic) bond motifs is 2. The lowest BCUT2D eigenvalue weighted by atomic mass is 9.94. The van der Waals surface area contributed by atoms with Gasteiger partial charge in [0.05, 0.1) is 34.4 Å². The third kappa shape index (κ3) is 6.72. The minimum absolute atomic E-state index is 0.0882. The largest absolute Gasteiger partial charge is 0.429 e. The van der Waals surface area contributed by atoms with E-state index in [2.05, 4.69) is 22.4 Å². The van der Waals surface area contributed by atoms with Crippen LogP contribution in [0.3, 0.4) is 0 Å². The van der Waals surface area contributed by atoms with E-state index < -0.39 is 36.7 Å². The van der Waals surface area contributed by atoms with E-state index >= 15 is 0 Å². The first kappa shape index (κ1) is 32.1. The normalized spacial score (nSPS) is 22.0. The van der Waals surface area contributed by atoms with E-state index in [0.29, 0.717) is 35.5 Å². The SMILES string of the molecule is CC(C)=CCc1cc(C(=O)c2ccccc2)cc2c1Nc1c(C(=O)O[C@@H]3O[C@@H](C)C(O)C(O)C3O)cccc1N2CC=C(C)C. The van der Waals surface area contributed by atoms with Crippen LogP contribution in [0.2, 0.25) is 0 Å². The van der Waals surface area contributed by atoms with Crippen molar-refractivity contribution < 1.29 is 34.4 Å². The highest BCUT2D eigenvalue weighted by molar-refractivity contribution is 6.11. The number of allylic oxidation sites excluding steroid dienone is 3. The van der Waals surface area contributed by atoms with E-state index in [1.807, 2.05) is 64.1 Å². The van der Waals surface area contributed by atoms with E-state index in [1.54, 1.807) is 24.3 Å². The number of ketones is 1. The highest BCUT2D eigenvalue weighted by Gasteiger charge is 2.44. The zero-order valence-corrected chi connectivity index (χ0v) is 26.2. The average Bonchev–Trinajstić information content (AvgIpc) is 3.02. The Labute approximate surface area is 263 Å². The van der Waals surface area contributed by atoms with Crippen molar-refractivity contribution in [1.82, 2.24) is 0 Å². The number of benzene rings is 3. The summed E-state index contributed by atoms with van der Waals surface area (Å²) in [5, 5.41) is 34.3. The number of carbonyl (C=O) groups excluding carboxylic acids is 2. The number of rotatable bonds is 8. The molecule has 5 atom stereocenters. The van der Waals surface area contributed by atoms with Gasteiger partial charge in [0.1, 0.15) is 18.3 Å². The molecule has 3 unspecified atom stereocenters. The zero-order chi connectivity index (χ0) is 32.4. The molecule has 3 aromatic rings. The summed E-state index contributed by atoms with van der Waals surface area (Å²) >= 11 is 0. The Morgan fingerprint density at radius 3 is 2.24 bits per heavy atom. The highest BCUT2D eigenvalue weighted by atomic mass is 16.7. The Morgan fingerprint density at radius 1 is 0.844 bits per heavy atom. The molecule has 4 N–H and O–H groups in total. The average molecular weight is 613 g/mol. The molecule has 1 fully saturated rings. The molecule has 1 saturated heterocycles. The van der Waals surface area contributed by atoms with E-state index in [-0.39, 0.29) is 11.3 Å². The summed E-state index contributed by atoms with van der Waals surface area (Å²) in [5.41, 5.74) is 7.19. The van der Waals surface area contributed by atoms with Crippen molar-refractivity contribution in [1.29, 1.82) is 0 Å². The van der Waals surface area contributed by atoms with E-state index in [4.69, 9.17) is 9.47 Å². The van der Waals surface area contributed by atoms with E-state index in [0.717, 1.165) is 28.1 Å². The van der Waals surface area contributed by atoms with Gasteiger partial charge in [0.2, 0.25) is 6.29 Å². The second-order valence-electron chi connectivity index (χ2n) is 12.0. The van der Waals surface area contributed by atoms with Gasteiger partial charge in [0.15, 0.2) is 5.78 Å². The maximum atomic E-state index is 13.7. The maximum Gasteiger partial charge on any atom is 0.342 e. The molecule has 45 heavy (non-hydrogen) atoms. The smallest absolute Gasteiger partial charge is 0.342 e. The van der Waals surface area contributed by atoms with Crippen LogP contribution in [0.15, 0.2) is 84.0 Å². The fourth-order valence-corrected chi connectivity index (χ4v) is 5.48. The molecular weight excluding hydrogens is 572 g/mol. The first-order chi connectivity index (χ1) is 21.5. The molecular formula is C36H40N2O7. The second kappa shape index (κ2) is 13.4. The molecule has 0 aliphatic carbocycles. The van der Waals surface area contributed by atoms with Gasteiger partial charge in [-0.15, -0.1) is 0 Å². The van der Waals surface area contributed by atoms with Crippen LogP contribution < -0.4 is 10.2 Å². The molecule has 0 amide bonds. The number of esters is 1. The Hall–Kier alpha value is -4.28. The summed E-state index contributed by atoms with van der Waals surface area (Å²) in [6.07, 6.45) is -2.10. The molecule has 2 heterocycles. The number of ether oxygens (including phenoxy) is 2. The molecule has 0 spiro atoms. The first-order valence-corrected chi connectivity index (χ1v) is 15.1. The lowest BCUT2D eigenvalue weighted by molar-refractivity contribution is -0.276. The summed E-state index contributed by atoms with van der Waals surface area (Å²) in [6, 6.07) is 18.2. The van der Waals surface area contributed by atoms with Crippen LogP contribution in [0.1, 0.15) is 66.5 Å². The Bertz CT molecular complexity index is 1640. The molecule has 0 bridgehead atoms. The number of nitrogens with zero attached hydrogens (tertiary/aromatic N) is 1. The molecule has 2 aliphatic rings. The lowest BCUT2D eigenvalue weighted by Gasteiger charge is -2.39. The standard InChI is InChI=1S/C36H40N2O7/c1-20(2)14-15-24-18-25(32(40)23-10-7-6-8-11-23)19-28-29(24)37-30-26(12-9-13-27(30)38(28)17-16-21(3)4)35(43)45-36-34(42)33(41)31(39)22(5)44-36/h6-14,16,18-19,22,31,33-34,36-37,39,41-42H,15,17H2,1-5H3/t22-,31?,33?,34?,36-/m0/s1. The predicted molar refractivity (Wildman–Crippen MR) is 173 cm³/mol. The topological polar surface area (TPSA) is 129 Å². The Kier molecular flexibility index (Phi) is 9.55. The molecule has 3 aromatic carbocycles. The van der Waals surface area contributed by atoms with Crippen LogP contribution in [-0.2, 0) is 15.9 Å². The van der Waals surface area contributed by atoms with E-state index in [9.17, 15) is 24.9 Å². The molecule has 2 aliphatic heterocycles. The Balaban J connectivity index is 1.60. The van der Waals surface area contributed by atoms with Gasteiger partial charge in [-0.25, -0.2) is 4.79 Å². The summed E-state index contributed by atoms with van der Waals surface area (Å²) in [5.74, 6) is -0.860. The van der Waals surface area contributed by atoms with Crippen LogP contribution in [0.4, 0.5) is 22.7 Å². The number of anilines is 4. The van der Waals surface area contributed by atoms with Gasteiger partial charge in [-0.05, 0) is 70.9 Å². The van der Waals surface area contributed by atoms with Crippen LogP contribution in [0, 0.1) is 0 Å². The molecule has 9 nitrogen and oxygen atoms in total. The minimum Gasteiger partial charge on any atom is -0.429 e. The van der Waals surface area contributed by atoms with Crippen LogP contribution in [-0.4, -0.2) is 64.3 Å². The minimum atomic E-state index is -1.63. The van der Waals surface area contributed by atoms with E-state index in [1.165, 1.54) is 6.92 Å². The molecule has 0 saturated carbocycles. The summed E-state index contributed by atoms with van der Waals surface area (Å²) in [7, 11) is 0. The predicted octanol–water partition coefficient (Wildman–Crippen LogP) is 5.57. The van der Waals surface area contributed by atoms with Crippen molar-refractivity contribution in [3.05, 3.63) is 106 Å². The summed E-state index contributed by atoms with van der Waals surface area (Å²) in [6.45, 7) is 10.0. The van der Waals surface area contributed by atoms with Crippen LogP contribution in [0.5, 0.6) is 0 Å². The van der Waals surface area contributed by atoms with Crippen molar-refractivity contribution in [2.24, 2.45) is 0 Å². The van der Waals surface area contributed by atoms with Gasteiger partial charge in [-0.1, -0.05) is 59.7 Å². The molecule has 0 aromatic heterocycles. The fraction of sp³-hybridized carbons (Fsp3) is 0.333. The number of hydrogen-bond acceptors (Lipinski definition) is 9. The van der Waals surface area contributed by atoms with Crippen molar-refractivity contribution in [3.8, 4) is 0 Å². The Morgan fingerprint density at radius 2 is 1.56 bits per heavy atom. The number of aliphatic hydroxyl groups is 3. The second-order valence-corrected chi connectivity index (χ2v) is 12.0. The van der Waals surface area contributed by atoms with Crippen molar-refractivity contribution in [2.75, 3.05) is 16.8 Å². The first-order valence-electron chi connectivity index (χ1n) is 15.1. The quantitative estimate of drug-likeness (QED) is 0.147. The van der Waals surface area contributed by atoms with Crippen molar-refractivity contribution >= 4 is 34.5 Å². The van der Waals surface area contributed by atoms with Crippen molar-refractivity contribution in [3.63, 3.8) is 0 Å². The molecule has 9 heteroatoms. The summed E-state index contributed by atoms with van der Waals surface area (Å²) < 4.78 is 11.1. The van der Waals surface area contributed by atoms with Crippen LogP contribution in [0.25, 0.3) is 0 Å². The number of carbonyl (C=O) groups is 2. The number of hydrogen-bond donors (Lipinski definition) is 4. The van der Waals surface area contributed by atoms with Gasteiger partial charge < -0.3 is 35.0 Å². The third-order valence-corrected chi connectivity index (χ3v) is 8.04. The number of nitrogens with one attached hydrogen (secondary N) is 1. The van der Waals surface area contributed by atoms with Gasteiger partial charge in [-0.2, -0.15) is 0 Å². The number of para-hydroxylation sites is 1. The highest BCUT2D eigenvalue weighted by Crippen LogP contribution is 2.48. The van der Waals surface area contributed by atoms with Crippen molar-refractivity contribution in [2.45, 2.75) is 71.7 Å². The van der Waals surface area contributed by atoms with Gasteiger partial charge in [-0.3, -0.25) is 4.79 Å². The molecule has 236 valence electrons. The lowest BCUT2D eigenvalue weighted by Crippen LogP contribution is -2.57. The van der Waals surface area contributed by atoms with Crippen LogP contribution >= 0.6 is 0 Å². The molecule has 5 rings (SSSR count). The number of aliphatic hydroxyl groups excluding tert-OH is 3. The van der Waals surface area contributed by atoms with Gasteiger partial charge >= 0.3 is 5.97 Å². The molecule has 0 radical (unpaired) electrons. The third-order valence-electron chi connectivity index (χ3n) is 8.04. The summed E-state index contributed by atoms with van der Waals surface area (Å²) in [4.78, 5) is 29.4. The van der Waals surface area contributed by atoms with Gasteiger partial charge in [0, 0.05) is 17.7 Å². The van der Waals surface area contributed by atoms with Gasteiger partial charge in [0.25, 0.3) is 0 Å². The maximum absolute atomic E-state index is 13.7.